The van der Waals surface area contributed by atoms with Crippen LogP contribution >= 0.6 is 39.1 Å². The van der Waals surface area contributed by atoms with E-state index >= 15 is 0 Å². The van der Waals surface area contributed by atoms with Crippen molar-refractivity contribution >= 4 is 50.6 Å². The summed E-state index contributed by atoms with van der Waals surface area (Å²) in [6.45, 7) is 1.95. The molecule has 0 aliphatic heterocycles. The second kappa shape index (κ2) is 5.43. The summed E-state index contributed by atoms with van der Waals surface area (Å²) in [6.07, 6.45) is 1.68. The van der Waals surface area contributed by atoms with Crippen LogP contribution in [-0.2, 0) is 0 Å². The molecule has 0 bridgehead atoms. The Morgan fingerprint density at radius 3 is 2.50 bits per heavy atom. The molecule has 94 valence electrons. The van der Waals surface area contributed by atoms with Crippen molar-refractivity contribution in [3.8, 4) is 0 Å². The SMILES string of the molecule is Cc1ccnc(Nc2cc(Cl)c(F)c(Cl)c2)c1Br. The van der Waals surface area contributed by atoms with Crippen LogP contribution in [0.15, 0.2) is 28.9 Å². The van der Waals surface area contributed by atoms with Gasteiger partial charge >= 0.3 is 0 Å². The molecule has 6 heteroatoms. The minimum Gasteiger partial charge on any atom is -0.339 e. The number of anilines is 2. The van der Waals surface area contributed by atoms with E-state index in [9.17, 15) is 4.39 Å². The van der Waals surface area contributed by atoms with Crippen molar-refractivity contribution < 1.29 is 4.39 Å². The molecular formula is C12H8BrCl2FN2. The molecule has 0 unspecified atom stereocenters. The van der Waals surface area contributed by atoms with Gasteiger partial charge < -0.3 is 5.32 Å². The maximum atomic E-state index is 13.3. The van der Waals surface area contributed by atoms with E-state index in [2.05, 4.69) is 26.2 Å². The largest absolute Gasteiger partial charge is 0.339 e. The van der Waals surface area contributed by atoms with E-state index in [0.717, 1.165) is 10.0 Å². The van der Waals surface area contributed by atoms with E-state index in [1.54, 1.807) is 6.20 Å². The molecule has 0 atom stereocenters. The van der Waals surface area contributed by atoms with Gasteiger partial charge in [-0.25, -0.2) is 9.37 Å². The fourth-order valence-corrected chi connectivity index (χ4v) is 2.21. The monoisotopic (exact) mass is 348 g/mol. The molecule has 1 N–H and O–H groups in total. The van der Waals surface area contributed by atoms with Gasteiger partial charge in [-0.3, -0.25) is 0 Å². The van der Waals surface area contributed by atoms with Crippen LogP contribution in [0.3, 0.4) is 0 Å². The summed E-state index contributed by atoms with van der Waals surface area (Å²) in [5.41, 5.74) is 1.61. The maximum absolute atomic E-state index is 13.3. The lowest BCUT2D eigenvalue weighted by Crippen LogP contribution is -1.96. The Balaban J connectivity index is 2.37. The smallest absolute Gasteiger partial charge is 0.160 e. The maximum Gasteiger partial charge on any atom is 0.160 e. The van der Waals surface area contributed by atoms with Crippen molar-refractivity contribution in [2.45, 2.75) is 6.92 Å². The molecule has 0 aliphatic carbocycles. The van der Waals surface area contributed by atoms with Crippen LogP contribution in [-0.4, -0.2) is 4.98 Å². The second-order valence-corrected chi connectivity index (χ2v) is 5.28. The zero-order valence-electron chi connectivity index (χ0n) is 9.27. The lowest BCUT2D eigenvalue weighted by atomic mass is 10.2. The van der Waals surface area contributed by atoms with Gasteiger partial charge in [-0.2, -0.15) is 0 Å². The first-order valence-corrected chi connectivity index (χ1v) is 6.56. The summed E-state index contributed by atoms with van der Waals surface area (Å²) >= 11 is 14.9. The highest BCUT2D eigenvalue weighted by Crippen LogP contribution is 2.31. The average Bonchev–Trinajstić information content (AvgIpc) is 2.32. The topological polar surface area (TPSA) is 24.9 Å². The summed E-state index contributed by atoms with van der Waals surface area (Å²) < 4.78 is 14.1. The van der Waals surface area contributed by atoms with Gasteiger partial charge in [0.15, 0.2) is 5.82 Å². The molecular weight excluding hydrogens is 342 g/mol. The lowest BCUT2D eigenvalue weighted by Gasteiger charge is -2.10. The van der Waals surface area contributed by atoms with Crippen molar-refractivity contribution in [2.24, 2.45) is 0 Å². The molecule has 0 radical (unpaired) electrons. The Kier molecular flexibility index (Phi) is 4.10. The van der Waals surface area contributed by atoms with Gasteiger partial charge in [-0.1, -0.05) is 23.2 Å². The summed E-state index contributed by atoms with van der Waals surface area (Å²) in [7, 11) is 0. The normalized spacial score (nSPS) is 10.5. The molecule has 1 aromatic carbocycles. The van der Waals surface area contributed by atoms with E-state index in [-0.39, 0.29) is 10.0 Å². The van der Waals surface area contributed by atoms with Crippen molar-refractivity contribution in [1.29, 1.82) is 0 Å². The quantitative estimate of drug-likeness (QED) is 0.740. The molecule has 0 fully saturated rings. The average molecular weight is 350 g/mol. The Morgan fingerprint density at radius 2 is 1.89 bits per heavy atom. The fourth-order valence-electron chi connectivity index (χ4n) is 1.39. The van der Waals surface area contributed by atoms with Crippen molar-refractivity contribution in [3.05, 3.63) is 50.3 Å². The molecule has 1 heterocycles. The van der Waals surface area contributed by atoms with Crippen LogP contribution in [0, 0.1) is 12.7 Å². The Labute approximate surface area is 122 Å². The van der Waals surface area contributed by atoms with E-state index in [0.29, 0.717) is 11.5 Å². The number of benzene rings is 1. The summed E-state index contributed by atoms with van der Waals surface area (Å²) in [5.74, 6) is -0.00566. The minimum atomic E-state index is -0.625. The predicted molar refractivity (Wildman–Crippen MR) is 76.4 cm³/mol. The molecule has 0 saturated carbocycles. The van der Waals surface area contributed by atoms with E-state index in [4.69, 9.17) is 23.2 Å². The predicted octanol–water partition coefficient (Wildman–Crippen LogP) is 5.34. The molecule has 2 nitrogen and oxygen atoms in total. The van der Waals surface area contributed by atoms with Gasteiger partial charge in [0.25, 0.3) is 0 Å². The zero-order chi connectivity index (χ0) is 13.3. The van der Waals surface area contributed by atoms with Gasteiger partial charge in [0.1, 0.15) is 5.82 Å². The first-order valence-electron chi connectivity index (χ1n) is 5.01. The van der Waals surface area contributed by atoms with Crippen LogP contribution < -0.4 is 5.32 Å². The third-order valence-corrected chi connectivity index (χ3v) is 3.88. The standard InChI is InChI=1S/C12H8BrCl2FN2/c1-6-2-3-17-12(10(6)13)18-7-4-8(14)11(16)9(15)5-7/h2-5H,1H3,(H,17,18). The highest BCUT2D eigenvalue weighted by Gasteiger charge is 2.09. The van der Waals surface area contributed by atoms with Crippen molar-refractivity contribution in [2.75, 3.05) is 5.32 Å². The Hall–Kier alpha value is -0.840. The van der Waals surface area contributed by atoms with E-state index in [1.807, 2.05) is 13.0 Å². The minimum absolute atomic E-state index is 0.0335. The summed E-state index contributed by atoms with van der Waals surface area (Å²) in [6, 6.07) is 4.79. The lowest BCUT2D eigenvalue weighted by molar-refractivity contribution is 0.629. The molecule has 2 rings (SSSR count). The molecule has 0 saturated heterocycles. The number of nitrogens with one attached hydrogen (secondary N) is 1. The third kappa shape index (κ3) is 2.76. The summed E-state index contributed by atoms with van der Waals surface area (Å²) in [5, 5.41) is 2.96. The number of aryl methyl sites for hydroxylation is 1. The van der Waals surface area contributed by atoms with Gasteiger partial charge in [0.2, 0.25) is 0 Å². The second-order valence-electron chi connectivity index (χ2n) is 3.67. The number of hydrogen-bond donors (Lipinski definition) is 1. The van der Waals surface area contributed by atoms with E-state index in [1.165, 1.54) is 12.1 Å². The number of pyridine rings is 1. The molecule has 2 aromatic rings. The fraction of sp³-hybridized carbons (Fsp3) is 0.0833. The van der Waals surface area contributed by atoms with Crippen LogP contribution in [0.25, 0.3) is 0 Å². The first-order chi connectivity index (χ1) is 8.49. The zero-order valence-corrected chi connectivity index (χ0v) is 12.4. The number of rotatable bonds is 2. The van der Waals surface area contributed by atoms with Crippen LogP contribution in [0.1, 0.15) is 5.56 Å². The Morgan fingerprint density at radius 1 is 1.28 bits per heavy atom. The third-order valence-electron chi connectivity index (χ3n) is 2.33. The molecule has 1 aromatic heterocycles. The van der Waals surface area contributed by atoms with Crippen molar-refractivity contribution in [1.82, 2.24) is 4.98 Å². The first kappa shape index (κ1) is 13.6. The number of nitrogens with zero attached hydrogens (tertiary/aromatic N) is 1. The molecule has 0 amide bonds. The van der Waals surface area contributed by atoms with Crippen molar-refractivity contribution in [3.63, 3.8) is 0 Å². The molecule has 0 spiro atoms. The highest BCUT2D eigenvalue weighted by atomic mass is 79.9. The van der Waals surface area contributed by atoms with Gasteiger partial charge in [0, 0.05) is 11.9 Å². The number of aromatic nitrogens is 1. The number of hydrogen-bond acceptors (Lipinski definition) is 2. The highest BCUT2D eigenvalue weighted by molar-refractivity contribution is 9.10. The molecule has 18 heavy (non-hydrogen) atoms. The van der Waals surface area contributed by atoms with Gasteiger partial charge in [-0.05, 0) is 46.6 Å². The van der Waals surface area contributed by atoms with Crippen LogP contribution in [0.2, 0.25) is 10.0 Å². The van der Waals surface area contributed by atoms with Gasteiger partial charge in [0.05, 0.1) is 14.5 Å². The van der Waals surface area contributed by atoms with Crippen LogP contribution in [0.4, 0.5) is 15.9 Å². The van der Waals surface area contributed by atoms with Gasteiger partial charge in [-0.15, -0.1) is 0 Å². The van der Waals surface area contributed by atoms with E-state index < -0.39 is 5.82 Å². The Bertz CT molecular complexity index is 582. The van der Waals surface area contributed by atoms with Crippen LogP contribution in [0.5, 0.6) is 0 Å². The molecule has 0 aliphatic rings. The summed E-state index contributed by atoms with van der Waals surface area (Å²) in [4.78, 5) is 4.18. The number of halogens is 4.